The molecule has 2 aliphatic rings. The second kappa shape index (κ2) is 18.1. The molecule has 0 amide bonds. The summed E-state index contributed by atoms with van der Waals surface area (Å²) in [5.41, 5.74) is 1.29. The van der Waals surface area contributed by atoms with Gasteiger partial charge in [-0.15, -0.1) is 0 Å². The highest BCUT2D eigenvalue weighted by atomic mass is 16.5. The average Bonchev–Trinajstić information content (AvgIpc) is 4.12. The monoisotopic (exact) mass is 978 g/mol. The van der Waals surface area contributed by atoms with Gasteiger partial charge in [0, 0.05) is 35.4 Å². The molecule has 364 valence electrons. The molecule has 14 heteroatoms. The molecule has 0 spiro atoms. The van der Waals surface area contributed by atoms with Gasteiger partial charge in [-0.2, -0.15) is 19.9 Å². The highest BCUT2D eigenvalue weighted by Gasteiger charge is 2.27. The van der Waals surface area contributed by atoms with Crippen LogP contribution < -0.4 is 14.2 Å². The van der Waals surface area contributed by atoms with E-state index in [9.17, 15) is 25.5 Å². The van der Waals surface area contributed by atoms with Crippen molar-refractivity contribution in [1.82, 2.24) is 29.9 Å². The van der Waals surface area contributed by atoms with Crippen molar-refractivity contribution in [3.05, 3.63) is 140 Å². The number of phenolic OH excluding ortho intramolecular Hbond substituents is 5. The number of fused-ring (bicyclic) bond motifs is 7. The van der Waals surface area contributed by atoms with Gasteiger partial charge in [0.15, 0.2) is 23.3 Å². The Morgan fingerprint density at radius 1 is 0.351 bits per heavy atom. The third-order valence-corrected chi connectivity index (χ3v) is 14.3. The zero-order valence-corrected chi connectivity index (χ0v) is 39.7. The van der Waals surface area contributed by atoms with E-state index in [4.69, 9.17) is 39.1 Å². The molecule has 0 bridgehead atoms. The first-order valence-electron chi connectivity index (χ1n) is 24.8. The molecule has 0 aliphatic heterocycles. The third kappa shape index (κ3) is 8.10. The molecule has 74 heavy (non-hydrogen) atoms. The maximum Gasteiger partial charge on any atom is 0.320 e. The minimum atomic E-state index is -0.418. The highest BCUT2D eigenvalue weighted by Crippen LogP contribution is 2.46. The van der Waals surface area contributed by atoms with Crippen LogP contribution in [0.3, 0.4) is 0 Å². The van der Waals surface area contributed by atoms with E-state index >= 15 is 0 Å². The number of hydrogen-bond donors (Lipinski definition) is 5. The summed E-state index contributed by atoms with van der Waals surface area (Å²) >= 11 is 0. The molecule has 5 N–H and O–H groups in total. The standard InChI is InChI=1S/C60H46N6O8/c67-35-26-48(68)53(49(69)27-35)57-61-55(63-59(65-57)73-36-14-4-5-15-36)47-31-46-40-18-8-1-11-32(40)21-23-43(46)45-28-38(22-24-44(45)47)72-39-29-50(70)54(51(71)30-39)58-62-56(64-60(66-58)74-37-16-6-7-17-37)52-41-19-9-2-12-33(41)25-34-13-3-10-20-42(34)52/h1-3,8-13,18-31,36-37,67-71H,4-7,14-17H2. The summed E-state index contributed by atoms with van der Waals surface area (Å²) in [6.07, 6.45) is 7.28. The van der Waals surface area contributed by atoms with E-state index in [2.05, 4.69) is 23.2 Å². The van der Waals surface area contributed by atoms with Crippen molar-refractivity contribution in [2.45, 2.75) is 63.6 Å². The van der Waals surface area contributed by atoms with Crippen molar-refractivity contribution >= 4 is 53.9 Å². The van der Waals surface area contributed by atoms with E-state index in [0.29, 0.717) is 17.1 Å². The number of rotatable bonds is 10. The van der Waals surface area contributed by atoms with Gasteiger partial charge in [0.2, 0.25) is 0 Å². The lowest BCUT2D eigenvalue weighted by atomic mass is 9.93. The van der Waals surface area contributed by atoms with Crippen LogP contribution in [0.4, 0.5) is 0 Å². The van der Waals surface area contributed by atoms with Crippen LogP contribution >= 0.6 is 0 Å². The molecule has 0 atom stereocenters. The van der Waals surface area contributed by atoms with E-state index in [1.807, 2.05) is 91.0 Å². The van der Waals surface area contributed by atoms with E-state index in [0.717, 1.165) is 123 Å². The smallest absolute Gasteiger partial charge is 0.320 e. The molecule has 9 aromatic carbocycles. The Labute approximate surface area is 422 Å². The molecule has 0 saturated heterocycles. The Balaban J connectivity index is 0.926. The van der Waals surface area contributed by atoms with Crippen molar-refractivity contribution in [3.63, 3.8) is 0 Å². The van der Waals surface area contributed by atoms with Gasteiger partial charge in [-0.3, -0.25) is 0 Å². The van der Waals surface area contributed by atoms with Gasteiger partial charge in [0.25, 0.3) is 0 Å². The molecule has 0 unspecified atom stereocenters. The van der Waals surface area contributed by atoms with Gasteiger partial charge < -0.3 is 39.7 Å². The first-order chi connectivity index (χ1) is 36.2. The Morgan fingerprint density at radius 3 is 1.42 bits per heavy atom. The van der Waals surface area contributed by atoms with Crippen molar-refractivity contribution in [1.29, 1.82) is 0 Å². The van der Waals surface area contributed by atoms with Crippen LogP contribution in [-0.4, -0.2) is 67.6 Å². The Hall–Kier alpha value is -9.30. The van der Waals surface area contributed by atoms with Crippen molar-refractivity contribution in [3.8, 4) is 97.8 Å². The molecular formula is C60H46N6O8. The SMILES string of the molecule is Oc1cc(O)c(-c2nc(OC3CCCC3)nc(-c3cc4c5ccccc5ccc4c4cc(Oc5cc(O)c(-c6nc(OC7CCCC7)nc(-c7c8ccccc8cc8ccccc78)n6)c(O)c5)ccc34)n2)c(O)c1. The molecule has 0 radical (unpaired) electrons. The number of ether oxygens (including phenoxy) is 3. The summed E-state index contributed by atoms with van der Waals surface area (Å²) < 4.78 is 19.3. The molecule has 2 fully saturated rings. The second-order valence-electron chi connectivity index (χ2n) is 19.1. The molecule has 2 aliphatic carbocycles. The molecule has 2 saturated carbocycles. The molecule has 14 nitrogen and oxygen atoms in total. The summed E-state index contributed by atoms with van der Waals surface area (Å²) in [6.45, 7) is 0. The summed E-state index contributed by atoms with van der Waals surface area (Å²) in [5, 5.41) is 65.1. The van der Waals surface area contributed by atoms with Gasteiger partial charge in [-0.25, -0.2) is 9.97 Å². The number of phenols is 5. The van der Waals surface area contributed by atoms with Gasteiger partial charge >= 0.3 is 12.0 Å². The number of aromatic nitrogens is 6. The molecular weight excluding hydrogens is 933 g/mol. The van der Waals surface area contributed by atoms with E-state index in [-0.39, 0.29) is 75.8 Å². The van der Waals surface area contributed by atoms with Gasteiger partial charge in [-0.1, -0.05) is 84.9 Å². The lowest BCUT2D eigenvalue weighted by Gasteiger charge is -2.17. The van der Waals surface area contributed by atoms with Crippen LogP contribution in [0.15, 0.2) is 140 Å². The molecule has 2 heterocycles. The summed E-state index contributed by atoms with van der Waals surface area (Å²) in [7, 11) is 0. The Morgan fingerprint density at radius 2 is 0.824 bits per heavy atom. The van der Waals surface area contributed by atoms with E-state index in [1.165, 1.54) is 12.1 Å². The second-order valence-corrected chi connectivity index (χ2v) is 19.1. The van der Waals surface area contributed by atoms with Crippen LogP contribution in [0.1, 0.15) is 51.4 Å². The van der Waals surface area contributed by atoms with E-state index in [1.54, 1.807) is 6.07 Å². The lowest BCUT2D eigenvalue weighted by molar-refractivity contribution is 0.192. The highest BCUT2D eigenvalue weighted by molar-refractivity contribution is 6.21. The molecule has 13 rings (SSSR count). The maximum absolute atomic E-state index is 11.9. The van der Waals surface area contributed by atoms with Gasteiger partial charge in [0.1, 0.15) is 63.6 Å². The number of benzene rings is 9. The number of nitrogens with zero attached hydrogens (tertiary/aromatic N) is 6. The predicted molar refractivity (Wildman–Crippen MR) is 283 cm³/mol. The Kier molecular flexibility index (Phi) is 10.9. The summed E-state index contributed by atoms with van der Waals surface area (Å²) in [5.74, 6) is -0.700. The average molecular weight is 979 g/mol. The maximum atomic E-state index is 11.9. The lowest BCUT2D eigenvalue weighted by Crippen LogP contribution is -2.14. The summed E-state index contributed by atoms with van der Waals surface area (Å²) in [4.78, 5) is 28.8. The largest absolute Gasteiger partial charge is 0.508 e. The third-order valence-electron chi connectivity index (χ3n) is 14.3. The van der Waals surface area contributed by atoms with Gasteiger partial charge in [-0.05, 0) is 136 Å². The zero-order valence-electron chi connectivity index (χ0n) is 39.7. The van der Waals surface area contributed by atoms with Crippen molar-refractivity contribution in [2.75, 3.05) is 0 Å². The quantitative estimate of drug-likeness (QED) is 0.0639. The van der Waals surface area contributed by atoms with Crippen LogP contribution in [0.25, 0.3) is 99.4 Å². The predicted octanol–water partition coefficient (Wildman–Crippen LogP) is 13.5. The first kappa shape index (κ1) is 44.6. The van der Waals surface area contributed by atoms with Crippen molar-refractivity contribution < 1.29 is 39.7 Å². The van der Waals surface area contributed by atoms with Crippen LogP contribution in [0.5, 0.6) is 52.3 Å². The summed E-state index contributed by atoms with van der Waals surface area (Å²) in [6, 6.07) is 43.1. The fourth-order valence-corrected chi connectivity index (χ4v) is 10.8. The Bertz CT molecular complexity index is 3960. The minimum Gasteiger partial charge on any atom is -0.508 e. The van der Waals surface area contributed by atoms with Crippen LogP contribution in [0.2, 0.25) is 0 Å². The normalized spacial score (nSPS) is 14.2. The first-order valence-corrected chi connectivity index (χ1v) is 24.8. The van der Waals surface area contributed by atoms with Gasteiger partial charge in [0.05, 0.1) is 0 Å². The van der Waals surface area contributed by atoms with Crippen LogP contribution in [0, 0.1) is 0 Å². The fraction of sp³-hybridized carbons (Fsp3) is 0.167. The number of aromatic hydroxyl groups is 5. The van der Waals surface area contributed by atoms with Crippen molar-refractivity contribution in [2.24, 2.45) is 0 Å². The molecule has 2 aromatic heterocycles. The zero-order chi connectivity index (χ0) is 50.0. The minimum absolute atomic E-state index is 0.00946. The molecule has 11 aromatic rings. The van der Waals surface area contributed by atoms with Crippen LogP contribution in [-0.2, 0) is 0 Å². The number of hydrogen-bond acceptors (Lipinski definition) is 14. The van der Waals surface area contributed by atoms with E-state index < -0.39 is 11.5 Å². The fourth-order valence-electron chi connectivity index (χ4n) is 10.8. The topological polar surface area (TPSA) is 206 Å².